The summed E-state index contributed by atoms with van der Waals surface area (Å²) in [6.07, 6.45) is 1.84. The maximum absolute atomic E-state index is 12.6. The molecule has 6 heteroatoms. The molecule has 1 heterocycles. The van der Waals surface area contributed by atoms with Crippen LogP contribution in [0.5, 0.6) is 5.75 Å². The van der Waals surface area contributed by atoms with Gasteiger partial charge in [0.15, 0.2) is 5.78 Å². The summed E-state index contributed by atoms with van der Waals surface area (Å²) < 4.78 is 16.2. The third-order valence-electron chi connectivity index (χ3n) is 4.54. The van der Waals surface area contributed by atoms with Crippen LogP contribution in [0.2, 0.25) is 0 Å². The Hall–Kier alpha value is -2.78. The molecule has 0 fully saturated rings. The second-order valence-electron chi connectivity index (χ2n) is 6.04. The minimum atomic E-state index is -0.511. The highest BCUT2D eigenvalue weighted by Gasteiger charge is 2.38. The van der Waals surface area contributed by atoms with Crippen molar-refractivity contribution in [2.24, 2.45) is 5.73 Å². The highest BCUT2D eigenvalue weighted by atomic mass is 16.5. The van der Waals surface area contributed by atoms with Gasteiger partial charge in [0.1, 0.15) is 23.2 Å². The number of methoxy groups -OCH3 is 2. The van der Waals surface area contributed by atoms with Crippen LogP contribution in [-0.2, 0) is 20.9 Å². The number of ketones is 1. The van der Waals surface area contributed by atoms with E-state index in [4.69, 9.17) is 19.9 Å². The van der Waals surface area contributed by atoms with Crippen LogP contribution in [0.3, 0.4) is 0 Å². The number of hydrogen-bond donors (Lipinski definition) is 1. The number of nitrogens with two attached hydrogens (primary N) is 1. The molecule has 1 aromatic rings. The zero-order valence-corrected chi connectivity index (χ0v) is 14.3. The summed E-state index contributed by atoms with van der Waals surface area (Å²) in [7, 11) is 3.19. The molecule has 1 unspecified atom stereocenters. The van der Waals surface area contributed by atoms with Crippen LogP contribution < -0.4 is 10.5 Å². The number of Topliss-reactive ketones (excluding diaryl/α,β-unsaturated/α-hetero) is 1. The first-order chi connectivity index (χ1) is 12.1. The number of carbonyl (C=O) groups is 1. The van der Waals surface area contributed by atoms with Gasteiger partial charge in [-0.1, -0.05) is 6.07 Å². The molecule has 6 nitrogen and oxygen atoms in total. The molecule has 1 aromatic carbocycles. The first-order valence-corrected chi connectivity index (χ1v) is 8.10. The average Bonchev–Trinajstić information content (AvgIpc) is 2.61. The van der Waals surface area contributed by atoms with Crippen molar-refractivity contribution in [3.05, 3.63) is 52.1 Å². The van der Waals surface area contributed by atoms with Crippen molar-refractivity contribution < 1.29 is 19.0 Å². The van der Waals surface area contributed by atoms with E-state index in [1.807, 2.05) is 18.2 Å². The Labute approximate surface area is 146 Å². The fraction of sp³-hybridized carbons (Fsp3) is 0.368. The summed E-state index contributed by atoms with van der Waals surface area (Å²) >= 11 is 0. The summed E-state index contributed by atoms with van der Waals surface area (Å²) in [4.78, 5) is 12.6. The van der Waals surface area contributed by atoms with Gasteiger partial charge in [0.2, 0.25) is 5.88 Å². The molecule has 0 radical (unpaired) electrons. The lowest BCUT2D eigenvalue weighted by molar-refractivity contribution is -0.116. The SMILES string of the molecule is COCc1cc(C2C(C#N)=C(N)OC3=C2C(=O)CCC3)ccc1OC. The molecule has 0 bridgehead atoms. The normalized spacial score (nSPS) is 20.0. The van der Waals surface area contributed by atoms with Crippen molar-refractivity contribution in [1.82, 2.24) is 0 Å². The van der Waals surface area contributed by atoms with E-state index in [2.05, 4.69) is 6.07 Å². The van der Waals surface area contributed by atoms with E-state index in [1.165, 1.54) is 0 Å². The van der Waals surface area contributed by atoms with Gasteiger partial charge in [-0.3, -0.25) is 4.79 Å². The molecule has 1 aliphatic heterocycles. The Morgan fingerprint density at radius 3 is 2.84 bits per heavy atom. The number of nitriles is 1. The van der Waals surface area contributed by atoms with E-state index in [9.17, 15) is 10.1 Å². The highest BCUT2D eigenvalue weighted by Crippen LogP contribution is 2.44. The van der Waals surface area contributed by atoms with Crippen LogP contribution in [0.1, 0.15) is 36.3 Å². The van der Waals surface area contributed by atoms with Crippen LogP contribution in [-0.4, -0.2) is 20.0 Å². The minimum Gasteiger partial charge on any atom is -0.496 e. The third kappa shape index (κ3) is 2.99. The Kier molecular flexibility index (Phi) is 4.77. The smallest absolute Gasteiger partial charge is 0.205 e. The quantitative estimate of drug-likeness (QED) is 0.905. The second kappa shape index (κ2) is 6.99. The van der Waals surface area contributed by atoms with Gasteiger partial charge in [-0.05, 0) is 24.1 Å². The largest absolute Gasteiger partial charge is 0.496 e. The molecule has 25 heavy (non-hydrogen) atoms. The predicted octanol–water partition coefficient (Wildman–Crippen LogP) is 2.66. The number of hydrogen-bond acceptors (Lipinski definition) is 6. The topological polar surface area (TPSA) is 94.6 Å². The highest BCUT2D eigenvalue weighted by molar-refractivity contribution is 5.99. The Balaban J connectivity index is 2.15. The zero-order valence-electron chi connectivity index (χ0n) is 14.3. The van der Waals surface area contributed by atoms with Crippen LogP contribution in [0, 0.1) is 11.3 Å². The summed E-state index contributed by atoms with van der Waals surface area (Å²) in [6.45, 7) is 0.362. The van der Waals surface area contributed by atoms with Gasteiger partial charge in [-0.2, -0.15) is 5.26 Å². The fourth-order valence-corrected chi connectivity index (χ4v) is 3.44. The number of benzene rings is 1. The second-order valence-corrected chi connectivity index (χ2v) is 6.04. The molecule has 3 rings (SSSR count). The lowest BCUT2D eigenvalue weighted by Crippen LogP contribution is -2.27. The molecule has 1 aliphatic carbocycles. The molecular weight excluding hydrogens is 320 g/mol. The van der Waals surface area contributed by atoms with Crippen LogP contribution >= 0.6 is 0 Å². The molecule has 0 amide bonds. The van der Waals surface area contributed by atoms with Crippen LogP contribution in [0.15, 0.2) is 41.0 Å². The molecular formula is C19H20N2O4. The van der Waals surface area contributed by atoms with E-state index >= 15 is 0 Å². The number of allylic oxidation sites excluding steroid dienone is 3. The van der Waals surface area contributed by atoms with Gasteiger partial charge in [0.05, 0.1) is 19.6 Å². The van der Waals surface area contributed by atoms with Crippen LogP contribution in [0.4, 0.5) is 0 Å². The van der Waals surface area contributed by atoms with Gasteiger partial charge in [0, 0.05) is 31.1 Å². The van der Waals surface area contributed by atoms with Crippen LogP contribution in [0.25, 0.3) is 0 Å². The summed E-state index contributed by atoms with van der Waals surface area (Å²) in [5, 5.41) is 9.59. The lowest BCUT2D eigenvalue weighted by atomic mass is 9.77. The number of rotatable bonds is 4. The Morgan fingerprint density at radius 1 is 1.36 bits per heavy atom. The van der Waals surface area contributed by atoms with Crippen molar-refractivity contribution in [3.8, 4) is 11.8 Å². The molecule has 2 N–H and O–H groups in total. The van der Waals surface area contributed by atoms with E-state index in [0.29, 0.717) is 36.5 Å². The van der Waals surface area contributed by atoms with E-state index < -0.39 is 5.92 Å². The molecule has 0 saturated heterocycles. The first-order valence-electron chi connectivity index (χ1n) is 8.10. The maximum atomic E-state index is 12.6. The molecule has 1 atom stereocenters. The number of ether oxygens (including phenoxy) is 3. The van der Waals surface area contributed by atoms with Gasteiger partial charge in [-0.25, -0.2) is 0 Å². The molecule has 0 spiro atoms. The maximum Gasteiger partial charge on any atom is 0.205 e. The van der Waals surface area contributed by atoms with Crippen molar-refractivity contribution in [2.45, 2.75) is 31.8 Å². The minimum absolute atomic E-state index is 0.00982. The van der Waals surface area contributed by atoms with Gasteiger partial charge >= 0.3 is 0 Å². The zero-order chi connectivity index (χ0) is 18.0. The van der Waals surface area contributed by atoms with E-state index in [-0.39, 0.29) is 17.2 Å². The Morgan fingerprint density at radius 2 is 2.16 bits per heavy atom. The van der Waals surface area contributed by atoms with E-state index in [1.54, 1.807) is 14.2 Å². The fourth-order valence-electron chi connectivity index (χ4n) is 3.44. The van der Waals surface area contributed by atoms with Crippen molar-refractivity contribution in [3.63, 3.8) is 0 Å². The molecule has 2 aliphatic rings. The first kappa shape index (κ1) is 17.1. The monoisotopic (exact) mass is 340 g/mol. The molecule has 0 aromatic heterocycles. The lowest BCUT2D eigenvalue weighted by Gasteiger charge is -2.31. The summed E-state index contributed by atoms with van der Waals surface area (Å²) in [6, 6.07) is 7.68. The van der Waals surface area contributed by atoms with Gasteiger partial charge < -0.3 is 19.9 Å². The molecule has 130 valence electrons. The van der Waals surface area contributed by atoms with Gasteiger partial charge in [0.25, 0.3) is 0 Å². The summed E-state index contributed by atoms with van der Waals surface area (Å²) in [5.74, 6) is 0.850. The standard InChI is InChI=1S/C19H20N2O4/c1-23-10-12-8-11(6-7-15(12)24-2)17-13(9-20)19(21)25-16-5-3-4-14(22)18(16)17/h6-8,17H,3-5,10,21H2,1-2H3. The Bertz CT molecular complexity index is 817. The average molecular weight is 340 g/mol. The number of carbonyl (C=O) groups excluding carboxylic acids is 1. The summed E-state index contributed by atoms with van der Waals surface area (Å²) in [5.41, 5.74) is 8.42. The van der Waals surface area contributed by atoms with E-state index in [0.717, 1.165) is 17.5 Å². The van der Waals surface area contributed by atoms with Gasteiger partial charge in [-0.15, -0.1) is 0 Å². The van der Waals surface area contributed by atoms with Crippen molar-refractivity contribution in [2.75, 3.05) is 14.2 Å². The van der Waals surface area contributed by atoms with Crippen molar-refractivity contribution >= 4 is 5.78 Å². The number of nitrogens with zero attached hydrogens (tertiary/aromatic N) is 1. The molecule has 0 saturated carbocycles. The predicted molar refractivity (Wildman–Crippen MR) is 90.2 cm³/mol. The third-order valence-corrected chi connectivity index (χ3v) is 4.54. The van der Waals surface area contributed by atoms with Crippen molar-refractivity contribution in [1.29, 1.82) is 5.26 Å².